The number of carbonyl (C=O) groups is 2. The molecule has 0 aromatic heterocycles. The number of nitrogens with one attached hydrogen (secondary N) is 2. The maximum Gasteiger partial charge on any atom is 0.240 e. The summed E-state index contributed by atoms with van der Waals surface area (Å²) in [6, 6.07) is 16.2. The molecule has 0 bridgehead atoms. The van der Waals surface area contributed by atoms with Crippen molar-refractivity contribution < 1.29 is 9.59 Å². The van der Waals surface area contributed by atoms with Gasteiger partial charge in [0.05, 0.1) is 11.4 Å². The van der Waals surface area contributed by atoms with E-state index in [0.717, 1.165) is 41.8 Å². The predicted molar refractivity (Wildman–Crippen MR) is 135 cm³/mol. The molecule has 0 spiro atoms. The molecule has 2 amide bonds. The van der Waals surface area contributed by atoms with Gasteiger partial charge in [-0.25, -0.2) is 10.9 Å². The molecule has 6 heteroatoms. The van der Waals surface area contributed by atoms with E-state index in [1.807, 2.05) is 76.2 Å². The first-order valence-electron chi connectivity index (χ1n) is 11.8. The fraction of sp³-hybridized carbons (Fsp3) is 0.407. The average Bonchev–Trinajstić information content (AvgIpc) is 2.81. The molecule has 176 valence electrons. The molecule has 0 fully saturated rings. The van der Waals surface area contributed by atoms with Crippen molar-refractivity contribution in [2.24, 2.45) is 10.2 Å². The summed E-state index contributed by atoms with van der Waals surface area (Å²) in [5, 5.41) is 8.57. The van der Waals surface area contributed by atoms with E-state index in [-0.39, 0.29) is 11.8 Å². The van der Waals surface area contributed by atoms with Crippen LogP contribution in [0.25, 0.3) is 0 Å². The number of carbonyl (C=O) groups excluding carboxylic acids is 2. The summed E-state index contributed by atoms with van der Waals surface area (Å²) >= 11 is 0. The van der Waals surface area contributed by atoms with Crippen LogP contribution >= 0.6 is 0 Å². The molecule has 0 aliphatic carbocycles. The number of hydrogen-bond acceptors (Lipinski definition) is 4. The van der Waals surface area contributed by atoms with E-state index in [0.29, 0.717) is 25.7 Å². The molecule has 2 aromatic rings. The van der Waals surface area contributed by atoms with Crippen LogP contribution in [0.3, 0.4) is 0 Å². The quantitative estimate of drug-likeness (QED) is 0.258. The Kier molecular flexibility index (Phi) is 11.0. The molecule has 0 aliphatic rings. The number of aryl methyl sites for hydroxylation is 2. The second-order valence-electron chi connectivity index (χ2n) is 8.19. The highest BCUT2D eigenvalue weighted by molar-refractivity contribution is 6.01. The van der Waals surface area contributed by atoms with Crippen molar-refractivity contribution in [3.8, 4) is 0 Å². The number of hydrazone groups is 2. The lowest BCUT2D eigenvalue weighted by atomic mass is 10.1. The largest absolute Gasteiger partial charge is 0.273 e. The van der Waals surface area contributed by atoms with Crippen LogP contribution in [0.2, 0.25) is 0 Å². The van der Waals surface area contributed by atoms with Crippen molar-refractivity contribution in [1.29, 1.82) is 0 Å². The normalized spacial score (nSPS) is 11.9. The summed E-state index contributed by atoms with van der Waals surface area (Å²) in [6.45, 7) is 8.12. The summed E-state index contributed by atoms with van der Waals surface area (Å²) < 4.78 is 0. The fourth-order valence-electron chi connectivity index (χ4n) is 3.31. The third-order valence-corrected chi connectivity index (χ3v) is 5.38. The predicted octanol–water partition coefficient (Wildman–Crippen LogP) is 5.41. The van der Waals surface area contributed by atoms with Crippen molar-refractivity contribution >= 4 is 23.2 Å². The van der Waals surface area contributed by atoms with Gasteiger partial charge < -0.3 is 0 Å². The Hall–Kier alpha value is -3.28. The van der Waals surface area contributed by atoms with Gasteiger partial charge in [-0.2, -0.15) is 10.2 Å². The van der Waals surface area contributed by atoms with Gasteiger partial charge in [0.1, 0.15) is 0 Å². The Morgan fingerprint density at radius 1 is 0.636 bits per heavy atom. The van der Waals surface area contributed by atoms with Gasteiger partial charge in [-0.3, -0.25) is 9.59 Å². The number of hydrogen-bond donors (Lipinski definition) is 2. The molecule has 0 saturated carbocycles. The number of unbranched alkanes of at least 4 members (excludes halogenated alkanes) is 2. The monoisotopic (exact) mass is 448 g/mol. The summed E-state index contributed by atoms with van der Waals surface area (Å²) in [5.74, 6) is -0.208. The SMILES string of the molecule is CCC(=NNC(=O)CCCCCC(=O)NN=C(CC)c1ccc(C)cc1)c1ccc(C)cc1. The number of nitrogens with zero attached hydrogens (tertiary/aromatic N) is 2. The molecule has 2 N–H and O–H groups in total. The highest BCUT2D eigenvalue weighted by atomic mass is 16.2. The summed E-state index contributed by atoms with van der Waals surface area (Å²) in [6.07, 6.45) is 4.49. The van der Waals surface area contributed by atoms with Crippen molar-refractivity contribution in [3.05, 3.63) is 70.8 Å². The molecule has 0 atom stereocenters. The number of amides is 2. The van der Waals surface area contributed by atoms with Crippen molar-refractivity contribution in [3.63, 3.8) is 0 Å². The van der Waals surface area contributed by atoms with Crippen molar-refractivity contribution in [1.82, 2.24) is 10.9 Å². The Labute approximate surface area is 197 Å². The minimum atomic E-state index is -0.104. The molecule has 0 saturated heterocycles. The van der Waals surface area contributed by atoms with Crippen LogP contribution < -0.4 is 10.9 Å². The first kappa shape index (κ1) is 26.0. The van der Waals surface area contributed by atoms with Crippen LogP contribution in [0.5, 0.6) is 0 Å². The molecule has 2 rings (SSSR count). The van der Waals surface area contributed by atoms with Crippen molar-refractivity contribution in [2.45, 2.75) is 72.6 Å². The van der Waals surface area contributed by atoms with Crippen LogP contribution in [0.15, 0.2) is 58.7 Å². The van der Waals surface area contributed by atoms with Crippen LogP contribution in [-0.2, 0) is 9.59 Å². The van der Waals surface area contributed by atoms with Crippen LogP contribution in [-0.4, -0.2) is 23.2 Å². The first-order valence-corrected chi connectivity index (χ1v) is 11.8. The smallest absolute Gasteiger partial charge is 0.240 e. The van der Waals surface area contributed by atoms with Crippen LogP contribution in [0, 0.1) is 13.8 Å². The van der Waals surface area contributed by atoms with Gasteiger partial charge in [-0.15, -0.1) is 0 Å². The molecule has 6 nitrogen and oxygen atoms in total. The molecule has 33 heavy (non-hydrogen) atoms. The highest BCUT2D eigenvalue weighted by Crippen LogP contribution is 2.09. The van der Waals surface area contributed by atoms with Gasteiger partial charge in [0, 0.05) is 12.8 Å². The van der Waals surface area contributed by atoms with E-state index in [4.69, 9.17) is 0 Å². The second kappa shape index (κ2) is 14.0. The van der Waals surface area contributed by atoms with Gasteiger partial charge in [0.2, 0.25) is 11.8 Å². The standard InChI is InChI=1S/C27H36N4O2/c1-5-24(22-16-12-20(3)13-17-22)28-30-26(32)10-8-7-9-11-27(33)31-29-25(6-2)23-18-14-21(4)15-19-23/h12-19H,5-11H2,1-4H3,(H,30,32)(H,31,33). The van der Waals surface area contributed by atoms with E-state index in [1.54, 1.807) is 0 Å². The van der Waals surface area contributed by atoms with E-state index >= 15 is 0 Å². The van der Waals surface area contributed by atoms with E-state index in [9.17, 15) is 9.59 Å². The second-order valence-corrected chi connectivity index (χ2v) is 8.19. The zero-order valence-electron chi connectivity index (χ0n) is 20.3. The van der Waals surface area contributed by atoms with Gasteiger partial charge in [0.15, 0.2) is 0 Å². The lowest BCUT2D eigenvalue weighted by Gasteiger charge is -2.07. The van der Waals surface area contributed by atoms with Gasteiger partial charge in [0.25, 0.3) is 0 Å². The Balaban J connectivity index is 1.67. The third-order valence-electron chi connectivity index (χ3n) is 5.38. The first-order chi connectivity index (χ1) is 15.9. The lowest BCUT2D eigenvalue weighted by Crippen LogP contribution is -2.20. The molecule has 0 aliphatic heterocycles. The zero-order chi connectivity index (χ0) is 24.1. The lowest BCUT2D eigenvalue weighted by molar-refractivity contribution is -0.121. The maximum absolute atomic E-state index is 12.1. The number of rotatable bonds is 12. The number of benzene rings is 2. The van der Waals surface area contributed by atoms with E-state index in [2.05, 4.69) is 21.1 Å². The molecule has 2 aromatic carbocycles. The van der Waals surface area contributed by atoms with Gasteiger partial charge in [-0.05, 0) is 50.7 Å². The van der Waals surface area contributed by atoms with Crippen LogP contribution in [0.4, 0.5) is 0 Å². The van der Waals surface area contributed by atoms with E-state index < -0.39 is 0 Å². The summed E-state index contributed by atoms with van der Waals surface area (Å²) in [7, 11) is 0. The third kappa shape index (κ3) is 9.39. The van der Waals surface area contributed by atoms with Crippen LogP contribution in [0.1, 0.15) is 81.0 Å². The fourth-order valence-corrected chi connectivity index (χ4v) is 3.31. The van der Waals surface area contributed by atoms with Gasteiger partial charge >= 0.3 is 0 Å². The summed E-state index contributed by atoms with van der Waals surface area (Å²) in [4.78, 5) is 24.2. The Morgan fingerprint density at radius 2 is 1.00 bits per heavy atom. The minimum Gasteiger partial charge on any atom is -0.273 e. The summed E-state index contributed by atoms with van der Waals surface area (Å²) in [5.41, 5.74) is 11.5. The van der Waals surface area contributed by atoms with E-state index in [1.165, 1.54) is 11.1 Å². The maximum atomic E-state index is 12.1. The molecule has 0 radical (unpaired) electrons. The Morgan fingerprint density at radius 3 is 1.33 bits per heavy atom. The zero-order valence-corrected chi connectivity index (χ0v) is 20.3. The average molecular weight is 449 g/mol. The molecule has 0 unspecified atom stereocenters. The molecular formula is C27H36N4O2. The van der Waals surface area contributed by atoms with Gasteiger partial charge in [-0.1, -0.05) is 79.9 Å². The minimum absolute atomic E-state index is 0.104. The highest BCUT2D eigenvalue weighted by Gasteiger charge is 2.06. The molecular weight excluding hydrogens is 412 g/mol. The topological polar surface area (TPSA) is 82.9 Å². The van der Waals surface area contributed by atoms with Crippen molar-refractivity contribution in [2.75, 3.05) is 0 Å². The Bertz CT molecular complexity index is 881. The molecule has 0 heterocycles.